The Morgan fingerprint density at radius 3 is 2.20 bits per heavy atom. The first kappa shape index (κ1) is 28.0. The Hall–Kier alpha value is -3.55. The van der Waals surface area contributed by atoms with Gasteiger partial charge in [0.25, 0.3) is 0 Å². The van der Waals surface area contributed by atoms with Crippen molar-refractivity contribution in [1.29, 1.82) is 0 Å². The highest BCUT2D eigenvalue weighted by atomic mass is 16.6. The SMILES string of the molecule is COC(=O)[C@H]1CC[C@@H](N(C(=O)OCC2c3ccccc3-c3ccccc32)C2CCCN(C(=O)OC(C)(C)C)C2)C1. The third-order valence-corrected chi connectivity index (χ3v) is 8.32. The zero-order chi connectivity index (χ0) is 28.4. The quantitative estimate of drug-likeness (QED) is 0.338. The Kier molecular flexibility index (Phi) is 8.06. The number of methoxy groups -OCH3 is 1. The summed E-state index contributed by atoms with van der Waals surface area (Å²) in [7, 11) is 1.40. The third kappa shape index (κ3) is 5.81. The smallest absolute Gasteiger partial charge is 0.410 e. The van der Waals surface area contributed by atoms with Gasteiger partial charge in [0.1, 0.15) is 12.2 Å². The van der Waals surface area contributed by atoms with E-state index in [2.05, 4.69) is 24.3 Å². The number of amides is 2. The van der Waals surface area contributed by atoms with Gasteiger partial charge >= 0.3 is 18.2 Å². The molecule has 2 aromatic rings. The van der Waals surface area contributed by atoms with Crippen molar-refractivity contribution in [3.05, 3.63) is 59.7 Å². The van der Waals surface area contributed by atoms with Gasteiger partial charge in [0.05, 0.1) is 19.1 Å². The van der Waals surface area contributed by atoms with Crippen LogP contribution in [0.1, 0.15) is 69.9 Å². The minimum atomic E-state index is -0.601. The van der Waals surface area contributed by atoms with Crippen LogP contribution in [0, 0.1) is 5.92 Å². The van der Waals surface area contributed by atoms with Crippen LogP contribution in [0.4, 0.5) is 9.59 Å². The molecule has 3 atom stereocenters. The van der Waals surface area contributed by atoms with Crippen molar-refractivity contribution in [1.82, 2.24) is 9.80 Å². The van der Waals surface area contributed by atoms with E-state index in [9.17, 15) is 14.4 Å². The fourth-order valence-electron chi connectivity index (χ4n) is 6.53. The summed E-state index contributed by atoms with van der Waals surface area (Å²) in [6, 6.07) is 16.1. The molecule has 1 heterocycles. The predicted octanol–water partition coefficient (Wildman–Crippen LogP) is 5.98. The number of carbonyl (C=O) groups excluding carboxylic acids is 3. The summed E-state index contributed by atoms with van der Waals surface area (Å²) in [5.41, 5.74) is 4.06. The number of nitrogens with zero attached hydrogens (tertiary/aromatic N) is 2. The lowest BCUT2D eigenvalue weighted by atomic mass is 9.98. The molecule has 2 fully saturated rings. The standard InChI is InChI=1S/C32H40N2O6/c1-32(2,3)40-30(36)33-17-9-10-23(19-33)34(22-16-15-21(18-22)29(35)38-4)31(37)39-20-28-26-13-7-5-11-24(26)25-12-6-8-14-27(25)28/h5-8,11-14,21-23,28H,9-10,15-20H2,1-4H3/t21-,22+,23?/m0/s1. The summed E-state index contributed by atoms with van der Waals surface area (Å²) < 4.78 is 16.7. The molecule has 0 bridgehead atoms. The van der Waals surface area contributed by atoms with E-state index in [-0.39, 0.29) is 42.6 Å². The third-order valence-electron chi connectivity index (χ3n) is 8.32. The number of likely N-dealkylation sites (tertiary alicyclic amines) is 1. The van der Waals surface area contributed by atoms with Gasteiger partial charge in [-0.1, -0.05) is 48.5 Å². The van der Waals surface area contributed by atoms with Crippen LogP contribution in [0.15, 0.2) is 48.5 Å². The molecule has 0 N–H and O–H groups in total. The Balaban J connectivity index is 1.35. The topological polar surface area (TPSA) is 85.4 Å². The minimum Gasteiger partial charge on any atom is -0.469 e. The number of piperidine rings is 1. The number of hydrogen-bond donors (Lipinski definition) is 0. The number of hydrogen-bond acceptors (Lipinski definition) is 6. The molecule has 1 unspecified atom stereocenters. The van der Waals surface area contributed by atoms with E-state index in [1.807, 2.05) is 49.9 Å². The van der Waals surface area contributed by atoms with Crippen LogP contribution >= 0.6 is 0 Å². The molecule has 2 aliphatic carbocycles. The zero-order valence-electron chi connectivity index (χ0n) is 23.9. The molecule has 1 saturated carbocycles. The van der Waals surface area contributed by atoms with Crippen molar-refractivity contribution < 1.29 is 28.6 Å². The van der Waals surface area contributed by atoms with Crippen LogP contribution in [0.5, 0.6) is 0 Å². The normalized spacial score (nSPS) is 22.3. The average Bonchev–Trinajstić information content (AvgIpc) is 3.54. The molecule has 5 rings (SSSR count). The highest BCUT2D eigenvalue weighted by Crippen LogP contribution is 2.44. The monoisotopic (exact) mass is 548 g/mol. The molecule has 214 valence electrons. The molecule has 1 aliphatic heterocycles. The van der Waals surface area contributed by atoms with Crippen molar-refractivity contribution >= 4 is 18.2 Å². The van der Waals surface area contributed by atoms with Crippen LogP contribution < -0.4 is 0 Å². The highest BCUT2D eigenvalue weighted by Gasteiger charge is 2.42. The Bertz CT molecular complexity index is 1210. The number of benzene rings is 2. The Morgan fingerprint density at radius 1 is 0.925 bits per heavy atom. The van der Waals surface area contributed by atoms with Gasteiger partial charge in [-0.2, -0.15) is 0 Å². The van der Waals surface area contributed by atoms with E-state index in [0.717, 1.165) is 24.0 Å². The van der Waals surface area contributed by atoms with E-state index < -0.39 is 11.7 Å². The molecular formula is C32H40N2O6. The van der Waals surface area contributed by atoms with Crippen LogP contribution in [0.25, 0.3) is 11.1 Å². The van der Waals surface area contributed by atoms with E-state index in [4.69, 9.17) is 14.2 Å². The lowest BCUT2D eigenvalue weighted by Crippen LogP contribution is -2.55. The molecule has 2 aromatic carbocycles. The first-order valence-corrected chi connectivity index (χ1v) is 14.4. The van der Waals surface area contributed by atoms with Gasteiger partial charge in [0.2, 0.25) is 0 Å². The fraction of sp³-hybridized carbons (Fsp3) is 0.531. The van der Waals surface area contributed by atoms with Crippen LogP contribution in [0.2, 0.25) is 0 Å². The molecule has 40 heavy (non-hydrogen) atoms. The summed E-state index contributed by atoms with van der Waals surface area (Å²) in [4.78, 5) is 42.6. The predicted molar refractivity (Wildman–Crippen MR) is 151 cm³/mol. The molecular weight excluding hydrogens is 508 g/mol. The second kappa shape index (κ2) is 11.5. The second-order valence-electron chi connectivity index (χ2n) is 12.1. The molecule has 0 spiro atoms. The summed E-state index contributed by atoms with van der Waals surface area (Å²) in [6.07, 6.45) is 2.62. The number of carbonyl (C=O) groups is 3. The van der Waals surface area contributed by atoms with Crippen LogP contribution in [0.3, 0.4) is 0 Å². The summed E-state index contributed by atoms with van der Waals surface area (Å²) in [5.74, 6) is -0.535. The van der Waals surface area contributed by atoms with Crippen molar-refractivity contribution in [2.75, 3.05) is 26.8 Å². The lowest BCUT2D eigenvalue weighted by molar-refractivity contribution is -0.145. The highest BCUT2D eigenvalue weighted by molar-refractivity contribution is 5.79. The lowest BCUT2D eigenvalue weighted by Gasteiger charge is -2.41. The van der Waals surface area contributed by atoms with E-state index in [1.165, 1.54) is 18.2 Å². The molecule has 8 nitrogen and oxygen atoms in total. The molecule has 0 aromatic heterocycles. The molecule has 8 heteroatoms. The summed E-state index contributed by atoms with van der Waals surface area (Å²) in [6.45, 7) is 6.72. The van der Waals surface area contributed by atoms with Gasteiger partial charge in [-0.05, 0) is 75.1 Å². The van der Waals surface area contributed by atoms with E-state index in [0.29, 0.717) is 32.4 Å². The molecule has 0 radical (unpaired) electrons. The number of ether oxygens (including phenoxy) is 3. The van der Waals surface area contributed by atoms with Gasteiger partial charge in [-0.15, -0.1) is 0 Å². The molecule has 3 aliphatic rings. The molecule has 2 amide bonds. The van der Waals surface area contributed by atoms with E-state index in [1.54, 1.807) is 4.90 Å². The molecule has 1 saturated heterocycles. The average molecular weight is 549 g/mol. The first-order chi connectivity index (χ1) is 19.2. The second-order valence-corrected chi connectivity index (χ2v) is 12.1. The van der Waals surface area contributed by atoms with Crippen molar-refractivity contribution in [2.45, 2.75) is 76.5 Å². The van der Waals surface area contributed by atoms with Crippen LogP contribution in [-0.4, -0.2) is 72.4 Å². The van der Waals surface area contributed by atoms with Gasteiger partial charge in [0.15, 0.2) is 0 Å². The number of rotatable bonds is 5. The fourth-order valence-corrected chi connectivity index (χ4v) is 6.53. The summed E-state index contributed by atoms with van der Waals surface area (Å²) >= 11 is 0. The van der Waals surface area contributed by atoms with E-state index >= 15 is 0 Å². The van der Waals surface area contributed by atoms with Gasteiger partial charge in [-0.25, -0.2) is 9.59 Å². The Morgan fingerprint density at radius 2 is 1.57 bits per heavy atom. The Labute approximate surface area is 236 Å². The van der Waals surface area contributed by atoms with Crippen molar-refractivity contribution in [2.24, 2.45) is 5.92 Å². The zero-order valence-corrected chi connectivity index (χ0v) is 23.9. The maximum absolute atomic E-state index is 13.9. The maximum atomic E-state index is 13.9. The van der Waals surface area contributed by atoms with Gasteiger partial charge in [-0.3, -0.25) is 4.79 Å². The van der Waals surface area contributed by atoms with Crippen molar-refractivity contribution in [3.8, 4) is 11.1 Å². The number of fused-ring (bicyclic) bond motifs is 3. The van der Waals surface area contributed by atoms with Crippen LogP contribution in [-0.2, 0) is 19.0 Å². The van der Waals surface area contributed by atoms with Gasteiger partial charge in [0, 0.05) is 25.0 Å². The largest absolute Gasteiger partial charge is 0.469 e. The van der Waals surface area contributed by atoms with Crippen molar-refractivity contribution in [3.63, 3.8) is 0 Å². The first-order valence-electron chi connectivity index (χ1n) is 14.4. The maximum Gasteiger partial charge on any atom is 0.410 e. The number of esters is 1. The van der Waals surface area contributed by atoms with Gasteiger partial charge < -0.3 is 24.0 Å². The summed E-state index contributed by atoms with van der Waals surface area (Å²) in [5, 5.41) is 0. The minimum absolute atomic E-state index is 0.0470.